The smallest absolute Gasteiger partial charge is 0.259 e. The number of carbonyl (C=O) groups is 2. The summed E-state index contributed by atoms with van der Waals surface area (Å²) in [6.07, 6.45) is 3.04. The summed E-state index contributed by atoms with van der Waals surface area (Å²) in [6.45, 7) is 0.0754. The Morgan fingerprint density at radius 3 is 1.58 bits per heavy atom. The first-order valence-corrected chi connectivity index (χ1v) is 11.1. The molecule has 3 aromatic rings. The van der Waals surface area contributed by atoms with Crippen molar-refractivity contribution in [2.24, 2.45) is 10.2 Å². The fourth-order valence-electron chi connectivity index (χ4n) is 3.09. The molecule has 0 aliphatic carbocycles. The quantitative estimate of drug-likeness (QED) is 0.230. The Labute approximate surface area is 209 Å². The van der Waals surface area contributed by atoms with Crippen LogP contribution in [0.3, 0.4) is 0 Å². The fourth-order valence-corrected chi connectivity index (χ4v) is 3.09. The number of anilines is 2. The Bertz CT molecular complexity index is 1140. The van der Waals surface area contributed by atoms with Crippen LogP contribution < -0.4 is 31.0 Å². The molecule has 0 bridgehead atoms. The largest absolute Gasteiger partial charge is 0.495 e. The molecule has 0 fully saturated rings. The molecule has 0 heterocycles. The third-order valence-corrected chi connectivity index (χ3v) is 4.81. The minimum Gasteiger partial charge on any atom is -0.495 e. The maximum absolute atomic E-state index is 12.1. The molecule has 0 aliphatic heterocycles. The van der Waals surface area contributed by atoms with Crippen molar-refractivity contribution in [1.29, 1.82) is 0 Å². The third-order valence-electron chi connectivity index (χ3n) is 4.81. The molecule has 0 aliphatic rings. The molecule has 0 unspecified atom stereocenters. The number of ether oxygens (including phenoxy) is 2. The van der Waals surface area contributed by atoms with E-state index in [1.54, 1.807) is 26.4 Å². The first kappa shape index (κ1) is 25.8. The summed E-state index contributed by atoms with van der Waals surface area (Å²) < 4.78 is 10.5. The number of benzene rings is 3. The molecule has 10 heteroatoms. The highest BCUT2D eigenvalue weighted by molar-refractivity contribution is 5.88. The van der Waals surface area contributed by atoms with Gasteiger partial charge < -0.3 is 20.1 Å². The molecule has 0 radical (unpaired) electrons. The SMILES string of the molecule is COc1ccccc1NCC(=O)N/N=C/c1cccc(/C=N/NC(=O)CNc2ccccc2OC)c1. The predicted octanol–water partition coefficient (Wildman–Crippen LogP) is 2.83. The van der Waals surface area contributed by atoms with Gasteiger partial charge in [0.25, 0.3) is 11.8 Å². The Morgan fingerprint density at radius 1 is 0.694 bits per heavy atom. The van der Waals surface area contributed by atoms with E-state index >= 15 is 0 Å². The second-order valence-electron chi connectivity index (χ2n) is 7.36. The first-order chi connectivity index (χ1) is 17.6. The molecule has 3 rings (SSSR count). The zero-order valence-electron chi connectivity index (χ0n) is 20.0. The van der Waals surface area contributed by atoms with Gasteiger partial charge in [-0.05, 0) is 41.5 Å². The van der Waals surface area contributed by atoms with E-state index in [1.807, 2.05) is 60.7 Å². The predicted molar refractivity (Wildman–Crippen MR) is 141 cm³/mol. The normalized spacial score (nSPS) is 10.7. The lowest BCUT2D eigenvalue weighted by Crippen LogP contribution is -2.26. The molecule has 0 spiro atoms. The van der Waals surface area contributed by atoms with Crippen molar-refractivity contribution in [1.82, 2.24) is 10.9 Å². The lowest BCUT2D eigenvalue weighted by molar-refractivity contribution is -0.120. The van der Waals surface area contributed by atoms with Crippen LogP contribution in [0.4, 0.5) is 11.4 Å². The molecule has 0 saturated heterocycles. The number of hydrogen-bond acceptors (Lipinski definition) is 8. The van der Waals surface area contributed by atoms with Gasteiger partial charge in [0.05, 0.1) is 51.1 Å². The van der Waals surface area contributed by atoms with Gasteiger partial charge in [-0.3, -0.25) is 9.59 Å². The Hall–Kier alpha value is -4.86. The summed E-state index contributed by atoms with van der Waals surface area (Å²) in [5.41, 5.74) is 7.88. The monoisotopic (exact) mass is 488 g/mol. The van der Waals surface area contributed by atoms with Crippen molar-refractivity contribution in [3.8, 4) is 11.5 Å². The van der Waals surface area contributed by atoms with Gasteiger partial charge in [-0.2, -0.15) is 10.2 Å². The third kappa shape index (κ3) is 8.17. The summed E-state index contributed by atoms with van der Waals surface area (Å²) in [6, 6.07) is 21.9. The van der Waals surface area contributed by atoms with Gasteiger partial charge in [0, 0.05) is 0 Å². The number of carbonyl (C=O) groups excluding carboxylic acids is 2. The lowest BCUT2D eigenvalue weighted by Gasteiger charge is -2.09. The van der Waals surface area contributed by atoms with E-state index in [2.05, 4.69) is 31.7 Å². The maximum atomic E-state index is 12.1. The molecule has 0 atom stereocenters. The van der Waals surface area contributed by atoms with Crippen molar-refractivity contribution in [3.63, 3.8) is 0 Å². The molecule has 0 saturated carbocycles. The van der Waals surface area contributed by atoms with Gasteiger partial charge >= 0.3 is 0 Å². The highest BCUT2D eigenvalue weighted by atomic mass is 16.5. The van der Waals surface area contributed by atoms with Gasteiger partial charge in [0.2, 0.25) is 0 Å². The van der Waals surface area contributed by atoms with Crippen LogP contribution in [0.25, 0.3) is 0 Å². The van der Waals surface area contributed by atoms with E-state index in [9.17, 15) is 9.59 Å². The fraction of sp³-hybridized carbons (Fsp3) is 0.154. The summed E-state index contributed by atoms with van der Waals surface area (Å²) in [5, 5.41) is 14.0. The van der Waals surface area contributed by atoms with Crippen LogP contribution >= 0.6 is 0 Å². The summed E-state index contributed by atoms with van der Waals surface area (Å²) >= 11 is 0. The van der Waals surface area contributed by atoms with Crippen LogP contribution in [0.5, 0.6) is 11.5 Å². The van der Waals surface area contributed by atoms with Crippen LogP contribution in [0, 0.1) is 0 Å². The van der Waals surface area contributed by atoms with Crippen LogP contribution in [0.15, 0.2) is 83.0 Å². The number of nitrogens with zero attached hydrogens (tertiary/aromatic N) is 2. The topological polar surface area (TPSA) is 125 Å². The number of nitrogens with one attached hydrogen (secondary N) is 4. The molecule has 0 aromatic heterocycles. The van der Waals surface area contributed by atoms with Crippen LogP contribution in [-0.2, 0) is 9.59 Å². The van der Waals surface area contributed by atoms with E-state index in [4.69, 9.17) is 9.47 Å². The van der Waals surface area contributed by atoms with Crippen LogP contribution in [0.1, 0.15) is 11.1 Å². The van der Waals surface area contributed by atoms with E-state index in [0.29, 0.717) is 22.9 Å². The number of rotatable bonds is 12. The minimum absolute atomic E-state index is 0.0377. The van der Waals surface area contributed by atoms with Gasteiger partial charge in [0.15, 0.2) is 0 Å². The number of hydrogen-bond donors (Lipinski definition) is 4. The summed E-state index contributed by atoms with van der Waals surface area (Å²) in [5.74, 6) is 0.686. The number of amides is 2. The second kappa shape index (κ2) is 13.8. The van der Waals surface area contributed by atoms with Crippen LogP contribution in [-0.4, -0.2) is 51.6 Å². The van der Waals surface area contributed by atoms with Gasteiger partial charge in [-0.25, -0.2) is 10.9 Å². The molecule has 2 amide bonds. The van der Waals surface area contributed by atoms with E-state index in [-0.39, 0.29) is 24.9 Å². The molecule has 186 valence electrons. The lowest BCUT2D eigenvalue weighted by atomic mass is 10.1. The van der Waals surface area contributed by atoms with E-state index in [1.165, 1.54) is 12.4 Å². The Kier molecular flexibility index (Phi) is 9.84. The Morgan fingerprint density at radius 2 is 1.14 bits per heavy atom. The molecule has 3 aromatic carbocycles. The first-order valence-electron chi connectivity index (χ1n) is 11.1. The van der Waals surface area contributed by atoms with Crippen molar-refractivity contribution in [2.45, 2.75) is 0 Å². The number of para-hydroxylation sites is 4. The molecular weight excluding hydrogens is 460 g/mol. The molecule has 4 N–H and O–H groups in total. The average molecular weight is 489 g/mol. The van der Waals surface area contributed by atoms with E-state index < -0.39 is 0 Å². The number of methoxy groups -OCH3 is 2. The van der Waals surface area contributed by atoms with Crippen molar-refractivity contribution in [3.05, 3.63) is 83.9 Å². The van der Waals surface area contributed by atoms with Gasteiger partial charge in [-0.1, -0.05) is 42.5 Å². The van der Waals surface area contributed by atoms with Crippen molar-refractivity contribution in [2.75, 3.05) is 37.9 Å². The van der Waals surface area contributed by atoms with Crippen molar-refractivity contribution >= 4 is 35.6 Å². The zero-order valence-corrected chi connectivity index (χ0v) is 20.0. The van der Waals surface area contributed by atoms with Gasteiger partial charge in [-0.15, -0.1) is 0 Å². The highest BCUT2D eigenvalue weighted by Crippen LogP contribution is 2.23. The number of hydrazone groups is 2. The maximum Gasteiger partial charge on any atom is 0.259 e. The van der Waals surface area contributed by atoms with Crippen LogP contribution in [0.2, 0.25) is 0 Å². The summed E-state index contributed by atoms with van der Waals surface area (Å²) in [4.78, 5) is 24.1. The minimum atomic E-state index is -0.306. The van der Waals surface area contributed by atoms with Crippen molar-refractivity contribution < 1.29 is 19.1 Å². The zero-order chi connectivity index (χ0) is 25.6. The average Bonchev–Trinajstić information content (AvgIpc) is 2.91. The molecule has 10 nitrogen and oxygen atoms in total. The van der Waals surface area contributed by atoms with Gasteiger partial charge in [0.1, 0.15) is 11.5 Å². The summed E-state index contributed by atoms with van der Waals surface area (Å²) in [7, 11) is 3.14. The molecular formula is C26H28N6O4. The Balaban J connectivity index is 1.43. The second-order valence-corrected chi connectivity index (χ2v) is 7.36. The van der Waals surface area contributed by atoms with E-state index in [0.717, 1.165) is 11.1 Å². The molecule has 36 heavy (non-hydrogen) atoms. The highest BCUT2D eigenvalue weighted by Gasteiger charge is 2.05. The standard InChI is InChI=1S/C26H28N6O4/c1-35-23-12-5-3-10-21(23)27-17-25(33)31-29-15-19-8-7-9-20(14-19)16-30-32-26(34)18-28-22-11-4-6-13-24(22)36-2/h3-16,27-28H,17-18H2,1-2H3,(H,31,33)(H,32,34)/b29-15+,30-16+.